The zero-order valence-electron chi connectivity index (χ0n) is 7.18. The number of hydrogen-bond acceptors (Lipinski definition) is 4. The summed E-state index contributed by atoms with van der Waals surface area (Å²) in [6.07, 6.45) is 1.39. The molecule has 5 nitrogen and oxygen atoms in total. The van der Waals surface area contributed by atoms with Gasteiger partial charge in [-0.25, -0.2) is 0 Å². The summed E-state index contributed by atoms with van der Waals surface area (Å²) in [4.78, 5) is 1.45. The standard InChI is InChI=1S/C8H9N5/c1-6-4-7(2-3-8(6)9)13-11-5-10-12-13/h2-5H,9H2,1H3. The van der Waals surface area contributed by atoms with E-state index >= 15 is 0 Å². The minimum atomic E-state index is 0.767. The minimum Gasteiger partial charge on any atom is -0.399 e. The predicted molar refractivity (Wildman–Crippen MR) is 48.3 cm³/mol. The molecule has 2 aromatic rings. The van der Waals surface area contributed by atoms with Crippen LogP contribution in [0, 0.1) is 6.92 Å². The van der Waals surface area contributed by atoms with Gasteiger partial charge in [0.25, 0.3) is 0 Å². The van der Waals surface area contributed by atoms with Crippen LogP contribution < -0.4 is 5.73 Å². The summed E-state index contributed by atoms with van der Waals surface area (Å²) in [6, 6.07) is 5.59. The van der Waals surface area contributed by atoms with Crippen LogP contribution in [-0.2, 0) is 0 Å². The highest BCUT2D eigenvalue weighted by atomic mass is 15.6. The van der Waals surface area contributed by atoms with Gasteiger partial charge in [0.2, 0.25) is 0 Å². The summed E-state index contributed by atoms with van der Waals surface area (Å²) in [5, 5.41) is 11.3. The second-order valence-corrected chi connectivity index (χ2v) is 2.77. The van der Waals surface area contributed by atoms with Crippen molar-refractivity contribution in [1.29, 1.82) is 0 Å². The molecule has 0 amide bonds. The zero-order valence-corrected chi connectivity index (χ0v) is 7.18. The van der Waals surface area contributed by atoms with E-state index in [1.54, 1.807) is 0 Å². The molecule has 0 aliphatic rings. The Morgan fingerprint density at radius 3 is 2.85 bits per heavy atom. The Hall–Kier alpha value is -1.91. The van der Waals surface area contributed by atoms with Crippen molar-refractivity contribution in [2.75, 3.05) is 5.73 Å². The Labute approximate surface area is 75.2 Å². The fourth-order valence-electron chi connectivity index (χ4n) is 1.07. The van der Waals surface area contributed by atoms with Crippen molar-refractivity contribution in [3.05, 3.63) is 30.1 Å². The number of aromatic nitrogens is 4. The monoisotopic (exact) mass is 175 g/mol. The molecule has 0 radical (unpaired) electrons. The van der Waals surface area contributed by atoms with Gasteiger partial charge in [-0.05, 0) is 35.9 Å². The van der Waals surface area contributed by atoms with Crippen molar-refractivity contribution < 1.29 is 0 Å². The first-order valence-electron chi connectivity index (χ1n) is 3.87. The molecule has 0 fully saturated rings. The molecule has 0 aliphatic carbocycles. The molecule has 1 heterocycles. The topological polar surface area (TPSA) is 69.6 Å². The molecule has 0 bridgehead atoms. The Balaban J connectivity index is 2.49. The first-order chi connectivity index (χ1) is 6.27. The van der Waals surface area contributed by atoms with Crippen molar-refractivity contribution >= 4 is 5.69 Å². The number of nitrogen functional groups attached to an aromatic ring is 1. The average Bonchev–Trinajstić information content (AvgIpc) is 2.62. The molecule has 0 aliphatic heterocycles. The van der Waals surface area contributed by atoms with Crippen LogP contribution in [0.4, 0.5) is 5.69 Å². The molecular formula is C8H9N5. The summed E-state index contributed by atoms with van der Waals surface area (Å²) in [5.41, 5.74) is 8.32. The lowest BCUT2D eigenvalue weighted by Gasteiger charge is -2.02. The molecule has 0 saturated heterocycles. The number of tetrazole rings is 1. The Kier molecular flexibility index (Phi) is 1.70. The Morgan fingerprint density at radius 1 is 1.38 bits per heavy atom. The van der Waals surface area contributed by atoms with Crippen LogP contribution >= 0.6 is 0 Å². The van der Waals surface area contributed by atoms with E-state index in [1.165, 1.54) is 11.1 Å². The lowest BCUT2D eigenvalue weighted by molar-refractivity contribution is 0.719. The molecule has 1 aromatic carbocycles. The van der Waals surface area contributed by atoms with Gasteiger partial charge >= 0.3 is 0 Å². The number of aryl methyl sites for hydroxylation is 1. The third kappa shape index (κ3) is 1.35. The Bertz CT molecular complexity index is 406. The quantitative estimate of drug-likeness (QED) is 0.642. The second-order valence-electron chi connectivity index (χ2n) is 2.77. The zero-order chi connectivity index (χ0) is 9.26. The minimum absolute atomic E-state index is 0.767. The van der Waals surface area contributed by atoms with E-state index in [0.29, 0.717) is 0 Å². The molecule has 0 saturated carbocycles. The van der Waals surface area contributed by atoms with Gasteiger partial charge in [-0.15, -0.1) is 15.0 Å². The van der Waals surface area contributed by atoms with E-state index in [2.05, 4.69) is 15.4 Å². The van der Waals surface area contributed by atoms with Crippen molar-refractivity contribution in [3.8, 4) is 5.69 Å². The smallest absolute Gasteiger partial charge is 0.162 e. The van der Waals surface area contributed by atoms with Gasteiger partial charge in [0.15, 0.2) is 6.33 Å². The van der Waals surface area contributed by atoms with E-state index in [1.807, 2.05) is 25.1 Å². The molecule has 13 heavy (non-hydrogen) atoms. The SMILES string of the molecule is Cc1cc(-n2ncnn2)ccc1N. The van der Waals surface area contributed by atoms with Gasteiger partial charge in [-0.2, -0.15) is 0 Å². The molecule has 66 valence electrons. The van der Waals surface area contributed by atoms with Gasteiger partial charge in [-0.3, -0.25) is 0 Å². The summed E-state index contributed by atoms with van der Waals surface area (Å²) >= 11 is 0. The predicted octanol–water partition coefficient (Wildman–Crippen LogP) is 0.553. The van der Waals surface area contributed by atoms with E-state index in [4.69, 9.17) is 5.73 Å². The molecule has 0 unspecified atom stereocenters. The van der Waals surface area contributed by atoms with Crippen molar-refractivity contribution in [2.45, 2.75) is 6.92 Å². The number of rotatable bonds is 1. The van der Waals surface area contributed by atoms with Gasteiger partial charge < -0.3 is 5.73 Å². The van der Waals surface area contributed by atoms with Crippen molar-refractivity contribution in [3.63, 3.8) is 0 Å². The van der Waals surface area contributed by atoms with E-state index in [0.717, 1.165) is 16.9 Å². The highest BCUT2D eigenvalue weighted by molar-refractivity contribution is 5.51. The fourth-order valence-corrected chi connectivity index (χ4v) is 1.07. The highest BCUT2D eigenvalue weighted by Crippen LogP contribution is 2.13. The van der Waals surface area contributed by atoms with Crippen LogP contribution in [0.1, 0.15) is 5.56 Å². The van der Waals surface area contributed by atoms with Crippen molar-refractivity contribution in [1.82, 2.24) is 20.2 Å². The fraction of sp³-hybridized carbons (Fsp3) is 0.125. The van der Waals surface area contributed by atoms with Crippen LogP contribution in [0.5, 0.6) is 0 Å². The largest absolute Gasteiger partial charge is 0.399 e. The van der Waals surface area contributed by atoms with Gasteiger partial charge in [0.05, 0.1) is 5.69 Å². The van der Waals surface area contributed by atoms with Crippen molar-refractivity contribution in [2.24, 2.45) is 0 Å². The first-order valence-corrected chi connectivity index (χ1v) is 3.87. The molecule has 0 spiro atoms. The maximum absolute atomic E-state index is 5.68. The number of benzene rings is 1. The second kappa shape index (κ2) is 2.85. The van der Waals surface area contributed by atoms with Crippen LogP contribution in [0.25, 0.3) is 5.69 Å². The van der Waals surface area contributed by atoms with Crippen LogP contribution in [0.15, 0.2) is 24.5 Å². The molecule has 5 heteroatoms. The van der Waals surface area contributed by atoms with Crippen LogP contribution in [-0.4, -0.2) is 20.2 Å². The summed E-state index contributed by atoms with van der Waals surface area (Å²) in [7, 11) is 0. The van der Waals surface area contributed by atoms with Gasteiger partial charge in [0.1, 0.15) is 0 Å². The summed E-state index contributed by atoms with van der Waals surface area (Å²) in [6.45, 7) is 1.94. The van der Waals surface area contributed by atoms with Crippen LogP contribution in [0.3, 0.4) is 0 Å². The molecule has 2 N–H and O–H groups in total. The van der Waals surface area contributed by atoms with E-state index < -0.39 is 0 Å². The number of anilines is 1. The normalized spacial score (nSPS) is 10.2. The Morgan fingerprint density at radius 2 is 2.23 bits per heavy atom. The van der Waals surface area contributed by atoms with Gasteiger partial charge in [-0.1, -0.05) is 0 Å². The average molecular weight is 175 g/mol. The lowest BCUT2D eigenvalue weighted by atomic mass is 10.2. The first kappa shape index (κ1) is 7.72. The highest BCUT2D eigenvalue weighted by Gasteiger charge is 1.99. The molecular weight excluding hydrogens is 166 g/mol. The third-order valence-electron chi connectivity index (χ3n) is 1.83. The number of nitrogens with zero attached hydrogens (tertiary/aromatic N) is 4. The van der Waals surface area contributed by atoms with E-state index in [9.17, 15) is 0 Å². The van der Waals surface area contributed by atoms with E-state index in [-0.39, 0.29) is 0 Å². The maximum Gasteiger partial charge on any atom is 0.162 e. The maximum atomic E-state index is 5.68. The van der Waals surface area contributed by atoms with Crippen LogP contribution in [0.2, 0.25) is 0 Å². The molecule has 2 rings (SSSR count). The molecule has 1 aromatic heterocycles. The third-order valence-corrected chi connectivity index (χ3v) is 1.83. The summed E-state index contributed by atoms with van der Waals surface area (Å²) in [5.74, 6) is 0. The van der Waals surface area contributed by atoms with Gasteiger partial charge in [0, 0.05) is 5.69 Å². The number of hydrogen-bond donors (Lipinski definition) is 1. The number of nitrogens with two attached hydrogens (primary N) is 1. The summed E-state index contributed by atoms with van der Waals surface area (Å²) < 4.78 is 0. The lowest BCUT2D eigenvalue weighted by Crippen LogP contribution is -2.00. The molecule has 0 atom stereocenters.